The normalized spacial score (nSPS) is 34.9. The maximum absolute atomic E-state index is 6.18. The first kappa shape index (κ1) is 13.4. The fraction of sp³-hybridized carbons (Fsp3) is 1.00. The summed E-state index contributed by atoms with van der Waals surface area (Å²) in [5, 5.41) is 0. The summed E-state index contributed by atoms with van der Waals surface area (Å²) in [7, 11) is 0. The predicted molar refractivity (Wildman–Crippen MR) is 74.0 cm³/mol. The maximum atomic E-state index is 6.18. The molecule has 2 aliphatic carbocycles. The van der Waals surface area contributed by atoms with Gasteiger partial charge < -0.3 is 5.73 Å². The quantitative estimate of drug-likeness (QED) is 0.746. The maximum Gasteiger partial charge on any atom is 0.0331 e. The van der Waals surface area contributed by atoms with Crippen LogP contribution in [0, 0.1) is 11.8 Å². The van der Waals surface area contributed by atoms with E-state index in [-0.39, 0.29) is 0 Å². The molecule has 17 heavy (non-hydrogen) atoms. The average Bonchev–Trinajstić information content (AvgIpc) is 3.15. The van der Waals surface area contributed by atoms with Crippen LogP contribution in [0.4, 0.5) is 0 Å². The second-order valence-electron chi connectivity index (χ2n) is 6.45. The predicted octanol–water partition coefficient (Wildman–Crippen LogP) is 3.02. The Kier molecular flexibility index (Phi) is 4.48. The molecule has 2 nitrogen and oxygen atoms in total. The fourth-order valence-corrected chi connectivity index (χ4v) is 3.48. The van der Waals surface area contributed by atoms with Crippen LogP contribution in [0.15, 0.2) is 0 Å². The lowest BCUT2D eigenvalue weighted by Crippen LogP contribution is -2.54. The summed E-state index contributed by atoms with van der Waals surface area (Å²) in [6.07, 6.45) is 9.71. The standard InChI is InChI=1S/C15H30N2/c1-3-17(11-14-6-7-14)15(12-16)9-4-5-13(2)8-10-15/h13-14H,3-12,16H2,1-2H3. The van der Waals surface area contributed by atoms with Crippen LogP contribution in [0.2, 0.25) is 0 Å². The molecule has 2 unspecified atom stereocenters. The van der Waals surface area contributed by atoms with E-state index in [1.807, 2.05) is 0 Å². The van der Waals surface area contributed by atoms with Gasteiger partial charge in [-0.2, -0.15) is 0 Å². The summed E-state index contributed by atoms with van der Waals surface area (Å²) in [6.45, 7) is 8.07. The van der Waals surface area contributed by atoms with Crippen LogP contribution in [-0.4, -0.2) is 30.1 Å². The Morgan fingerprint density at radius 2 is 1.94 bits per heavy atom. The molecule has 2 saturated carbocycles. The first-order chi connectivity index (χ1) is 8.20. The lowest BCUT2D eigenvalue weighted by atomic mass is 9.87. The van der Waals surface area contributed by atoms with Crippen molar-refractivity contribution in [3.8, 4) is 0 Å². The highest BCUT2D eigenvalue weighted by Crippen LogP contribution is 2.37. The molecule has 0 aliphatic heterocycles. The van der Waals surface area contributed by atoms with Crippen molar-refractivity contribution >= 4 is 0 Å². The van der Waals surface area contributed by atoms with Crippen molar-refractivity contribution in [2.45, 2.75) is 64.3 Å². The molecule has 0 spiro atoms. The Bertz CT molecular complexity index is 237. The number of hydrogen-bond acceptors (Lipinski definition) is 2. The molecule has 2 atom stereocenters. The lowest BCUT2D eigenvalue weighted by Gasteiger charge is -2.43. The van der Waals surface area contributed by atoms with Crippen molar-refractivity contribution in [3.05, 3.63) is 0 Å². The van der Waals surface area contributed by atoms with Crippen molar-refractivity contribution in [2.24, 2.45) is 17.6 Å². The monoisotopic (exact) mass is 238 g/mol. The molecule has 2 heteroatoms. The number of rotatable bonds is 5. The SMILES string of the molecule is CCN(CC1CC1)C1(CN)CCCC(C)CC1. The van der Waals surface area contributed by atoms with Crippen LogP contribution >= 0.6 is 0 Å². The highest BCUT2D eigenvalue weighted by atomic mass is 15.2. The lowest BCUT2D eigenvalue weighted by molar-refractivity contribution is 0.0776. The summed E-state index contributed by atoms with van der Waals surface area (Å²) >= 11 is 0. The van der Waals surface area contributed by atoms with Gasteiger partial charge in [0.2, 0.25) is 0 Å². The number of likely N-dealkylation sites (N-methyl/N-ethyl adjacent to an activating group) is 1. The topological polar surface area (TPSA) is 29.3 Å². The van der Waals surface area contributed by atoms with E-state index in [4.69, 9.17) is 5.73 Å². The van der Waals surface area contributed by atoms with E-state index in [1.165, 1.54) is 58.0 Å². The molecule has 0 amide bonds. The van der Waals surface area contributed by atoms with Gasteiger partial charge in [0.1, 0.15) is 0 Å². The minimum absolute atomic E-state index is 0.335. The van der Waals surface area contributed by atoms with E-state index in [1.54, 1.807) is 0 Å². The largest absolute Gasteiger partial charge is 0.329 e. The zero-order valence-corrected chi connectivity index (χ0v) is 11.8. The zero-order chi connectivity index (χ0) is 12.3. The summed E-state index contributed by atoms with van der Waals surface area (Å²) in [5.74, 6) is 1.89. The highest BCUT2D eigenvalue weighted by Gasteiger charge is 2.38. The smallest absolute Gasteiger partial charge is 0.0331 e. The van der Waals surface area contributed by atoms with Gasteiger partial charge in [-0.3, -0.25) is 4.90 Å². The third-order valence-electron chi connectivity index (χ3n) is 5.05. The van der Waals surface area contributed by atoms with Gasteiger partial charge in [-0.1, -0.05) is 26.7 Å². The van der Waals surface area contributed by atoms with E-state index in [9.17, 15) is 0 Å². The average molecular weight is 238 g/mol. The molecule has 2 rings (SSSR count). The van der Waals surface area contributed by atoms with Gasteiger partial charge in [0, 0.05) is 18.6 Å². The third kappa shape index (κ3) is 3.23. The molecule has 0 bridgehead atoms. The minimum Gasteiger partial charge on any atom is -0.329 e. The van der Waals surface area contributed by atoms with Crippen LogP contribution in [-0.2, 0) is 0 Å². The van der Waals surface area contributed by atoms with Crippen LogP contribution in [0.1, 0.15) is 58.8 Å². The Balaban J connectivity index is 2.03. The molecule has 100 valence electrons. The summed E-state index contributed by atoms with van der Waals surface area (Å²) in [5.41, 5.74) is 6.52. The van der Waals surface area contributed by atoms with Gasteiger partial charge in [0.05, 0.1) is 0 Å². The van der Waals surface area contributed by atoms with E-state index in [0.29, 0.717) is 5.54 Å². The van der Waals surface area contributed by atoms with Gasteiger partial charge in [-0.25, -0.2) is 0 Å². The molecule has 0 heterocycles. The molecule has 2 fully saturated rings. The van der Waals surface area contributed by atoms with E-state index in [0.717, 1.165) is 18.4 Å². The Labute approximate surface area is 107 Å². The fourth-order valence-electron chi connectivity index (χ4n) is 3.48. The van der Waals surface area contributed by atoms with Gasteiger partial charge in [-0.15, -0.1) is 0 Å². The molecule has 0 radical (unpaired) electrons. The summed E-state index contributed by atoms with van der Waals surface area (Å²) in [4.78, 5) is 2.72. The van der Waals surface area contributed by atoms with Crippen molar-refractivity contribution in [1.82, 2.24) is 4.90 Å². The Hall–Kier alpha value is -0.0800. The van der Waals surface area contributed by atoms with Gasteiger partial charge in [-0.05, 0) is 50.5 Å². The van der Waals surface area contributed by atoms with Crippen molar-refractivity contribution in [1.29, 1.82) is 0 Å². The van der Waals surface area contributed by atoms with Crippen LogP contribution in [0.5, 0.6) is 0 Å². The Morgan fingerprint density at radius 3 is 2.53 bits per heavy atom. The molecule has 2 N–H and O–H groups in total. The second kappa shape index (κ2) is 5.71. The van der Waals surface area contributed by atoms with Crippen molar-refractivity contribution in [2.75, 3.05) is 19.6 Å². The summed E-state index contributed by atoms with van der Waals surface area (Å²) < 4.78 is 0. The Morgan fingerprint density at radius 1 is 1.18 bits per heavy atom. The minimum atomic E-state index is 0.335. The van der Waals surface area contributed by atoms with Gasteiger partial charge in [0.25, 0.3) is 0 Å². The second-order valence-corrected chi connectivity index (χ2v) is 6.45. The van der Waals surface area contributed by atoms with E-state index < -0.39 is 0 Å². The van der Waals surface area contributed by atoms with Crippen LogP contribution < -0.4 is 5.73 Å². The van der Waals surface area contributed by atoms with Crippen molar-refractivity contribution < 1.29 is 0 Å². The van der Waals surface area contributed by atoms with Crippen LogP contribution in [0.3, 0.4) is 0 Å². The third-order valence-corrected chi connectivity index (χ3v) is 5.05. The molecular formula is C15H30N2. The molecule has 0 saturated heterocycles. The number of hydrogen-bond donors (Lipinski definition) is 1. The number of nitrogens with zero attached hydrogens (tertiary/aromatic N) is 1. The highest BCUT2D eigenvalue weighted by molar-refractivity contribution is 4.95. The molecule has 0 aromatic heterocycles. The molecule has 0 aromatic carbocycles. The summed E-state index contributed by atoms with van der Waals surface area (Å²) in [6, 6.07) is 0. The zero-order valence-electron chi connectivity index (χ0n) is 11.8. The van der Waals surface area contributed by atoms with Gasteiger partial charge in [0.15, 0.2) is 0 Å². The molecular weight excluding hydrogens is 208 g/mol. The molecule has 0 aromatic rings. The van der Waals surface area contributed by atoms with E-state index >= 15 is 0 Å². The number of nitrogens with two attached hydrogens (primary N) is 1. The first-order valence-electron chi connectivity index (χ1n) is 7.65. The van der Waals surface area contributed by atoms with E-state index in [2.05, 4.69) is 18.7 Å². The van der Waals surface area contributed by atoms with Crippen molar-refractivity contribution in [3.63, 3.8) is 0 Å². The van der Waals surface area contributed by atoms with Crippen LogP contribution in [0.25, 0.3) is 0 Å². The first-order valence-corrected chi connectivity index (χ1v) is 7.65. The van der Waals surface area contributed by atoms with Gasteiger partial charge >= 0.3 is 0 Å². The molecule has 2 aliphatic rings.